The van der Waals surface area contributed by atoms with Gasteiger partial charge in [0.05, 0.1) is 33.0 Å². The summed E-state index contributed by atoms with van der Waals surface area (Å²) < 4.78 is 56.9. The molecule has 8 heteroatoms. The third-order valence-corrected chi connectivity index (χ3v) is 19.6. The number of para-hydroxylation sites is 5. The SMILES string of the molecule is Clc1cc2sc3c4ccccc4ccc3c2c2ccccc12.Clc1cccc2c3cccc(-c4ccccc4)c3n(-c3ccccc3)c12.Clc1cccc2oc3c(-c4ccccc4)cc(-c4ccccc4)cc3c12.[2H]c1c([2H])c([2H])c(-c2cccc3c2oc2c(Cl)cccc23)c([2H])c1[2H]. The average molecular weight is 1310 g/mol. The van der Waals surface area contributed by atoms with E-state index in [2.05, 4.69) is 187 Å². The van der Waals surface area contributed by atoms with E-state index < -0.39 is 6.04 Å². The summed E-state index contributed by atoms with van der Waals surface area (Å²) in [7, 11) is 0. The van der Waals surface area contributed by atoms with Gasteiger partial charge < -0.3 is 13.4 Å². The van der Waals surface area contributed by atoms with Gasteiger partial charge in [0.2, 0.25) is 0 Å². The molecule has 94 heavy (non-hydrogen) atoms. The maximum atomic E-state index is 8.18. The molecule has 0 unspecified atom stereocenters. The highest BCUT2D eigenvalue weighted by Gasteiger charge is 2.21. The second-order valence-corrected chi connectivity index (χ2v) is 25.3. The molecule has 0 amide bonds. The molecule has 0 aliphatic heterocycles. The first-order valence-corrected chi connectivity index (χ1v) is 32.9. The minimum absolute atomic E-state index is 0.117. The molecule has 0 aliphatic carbocycles. The van der Waals surface area contributed by atoms with Crippen molar-refractivity contribution in [2.75, 3.05) is 0 Å². The van der Waals surface area contributed by atoms with Crippen LogP contribution in [0.2, 0.25) is 20.1 Å². The van der Waals surface area contributed by atoms with E-state index in [-0.39, 0.29) is 29.7 Å². The van der Waals surface area contributed by atoms with Crippen molar-refractivity contribution in [3.63, 3.8) is 0 Å². The van der Waals surface area contributed by atoms with Crippen LogP contribution in [0.4, 0.5) is 0 Å². The van der Waals surface area contributed by atoms with Gasteiger partial charge in [-0.2, -0.15) is 0 Å². The molecule has 15 aromatic carbocycles. The highest BCUT2D eigenvalue weighted by Crippen LogP contribution is 2.46. The molecule has 448 valence electrons. The van der Waals surface area contributed by atoms with E-state index in [9.17, 15) is 0 Å². The van der Waals surface area contributed by atoms with Crippen LogP contribution in [0, 0.1) is 0 Å². The van der Waals surface area contributed by atoms with Crippen LogP contribution in [0.5, 0.6) is 0 Å². The first kappa shape index (κ1) is 53.1. The van der Waals surface area contributed by atoms with Gasteiger partial charge in [0.15, 0.2) is 5.58 Å². The topological polar surface area (TPSA) is 31.2 Å². The molecule has 19 aromatic rings. The first-order chi connectivity index (χ1) is 48.4. The van der Waals surface area contributed by atoms with Crippen LogP contribution in [0.15, 0.2) is 330 Å². The van der Waals surface area contributed by atoms with E-state index in [1.807, 2.05) is 102 Å². The van der Waals surface area contributed by atoms with Gasteiger partial charge in [0.1, 0.15) is 16.7 Å². The molecule has 0 spiro atoms. The van der Waals surface area contributed by atoms with Crippen LogP contribution in [0.3, 0.4) is 0 Å². The standard InChI is InChI=1S/C24H16ClN.C24H15ClO.C20H11ClS.C18H11ClO/c25-22-16-8-15-21-20-14-7-13-19(17-9-3-1-4-10-17)23(20)26(24(21)22)18-11-5-2-6-12-18;25-21-12-7-13-22-23(21)20-15-18(16-8-3-1-4-9-16)14-19(24(20)26-22)17-10-5-2-6-11-17;21-17-11-18-19(15-8-4-3-7-14(15)17)16-10-9-12-5-1-2-6-13(12)20(16)22-18;19-16-11-5-10-15-14-9-4-8-13(17(14)20-18(15)16)12-6-2-1-3-7-12/h1-16H;1-15H;1-11H;1-11H/i;;;1D,2D,3D,6D,7D. The Morgan fingerprint density at radius 3 is 1.57 bits per heavy atom. The lowest BCUT2D eigenvalue weighted by Gasteiger charge is -2.12. The summed E-state index contributed by atoms with van der Waals surface area (Å²) in [6.45, 7) is 0. The van der Waals surface area contributed by atoms with Crippen molar-refractivity contribution < 1.29 is 15.7 Å². The van der Waals surface area contributed by atoms with Crippen LogP contribution in [-0.4, -0.2) is 4.57 Å². The predicted molar refractivity (Wildman–Crippen MR) is 404 cm³/mol. The lowest BCUT2D eigenvalue weighted by Crippen LogP contribution is -1.95. The number of benzene rings is 15. The van der Waals surface area contributed by atoms with Crippen LogP contribution in [0.1, 0.15) is 6.85 Å². The van der Waals surface area contributed by atoms with E-state index in [4.69, 9.17) is 62.1 Å². The van der Waals surface area contributed by atoms with Crippen LogP contribution >= 0.6 is 57.7 Å². The van der Waals surface area contributed by atoms with Gasteiger partial charge in [-0.15, -0.1) is 11.3 Å². The van der Waals surface area contributed by atoms with Crippen LogP contribution in [-0.2, 0) is 0 Å². The predicted octanol–water partition coefficient (Wildman–Crippen LogP) is 27.6. The summed E-state index contributed by atoms with van der Waals surface area (Å²) in [5, 5.41) is 16.4. The minimum atomic E-state index is -0.418. The maximum absolute atomic E-state index is 8.18. The fourth-order valence-corrected chi connectivity index (χ4v) is 15.3. The first-order valence-electron chi connectivity index (χ1n) is 33.1. The van der Waals surface area contributed by atoms with Crippen LogP contribution < -0.4 is 0 Å². The number of halogens is 4. The zero-order valence-electron chi connectivity index (χ0n) is 54.9. The number of hydrogen-bond donors (Lipinski definition) is 0. The van der Waals surface area contributed by atoms with Crippen molar-refractivity contribution in [1.82, 2.24) is 4.57 Å². The summed E-state index contributed by atoms with van der Waals surface area (Å²) in [4.78, 5) is 0. The highest BCUT2D eigenvalue weighted by molar-refractivity contribution is 7.27. The smallest absolute Gasteiger partial charge is 0.154 e. The summed E-state index contributed by atoms with van der Waals surface area (Å²) in [5.74, 6) is 0. The lowest BCUT2D eigenvalue weighted by atomic mass is 9.96. The molecule has 0 aliphatic rings. The lowest BCUT2D eigenvalue weighted by molar-refractivity contribution is 0.669. The maximum Gasteiger partial charge on any atom is 0.154 e. The molecular weight excluding hydrogens is 1250 g/mol. The quantitative estimate of drug-likeness (QED) is 0.172. The summed E-state index contributed by atoms with van der Waals surface area (Å²) in [5.41, 5.74) is 13.5. The molecule has 0 saturated heterocycles. The molecule has 0 radical (unpaired) electrons. The van der Waals surface area contributed by atoms with Crippen molar-refractivity contribution in [3.05, 3.63) is 341 Å². The Hall–Kier alpha value is -10.4. The molecule has 3 nitrogen and oxygen atoms in total. The number of fused-ring (bicyclic) bond motifs is 16. The summed E-state index contributed by atoms with van der Waals surface area (Å²) in [6, 6.07) is 97.1. The highest BCUT2D eigenvalue weighted by atomic mass is 35.5. The van der Waals surface area contributed by atoms with Crippen molar-refractivity contribution in [3.8, 4) is 50.2 Å². The number of furan rings is 2. The van der Waals surface area contributed by atoms with E-state index in [0.717, 1.165) is 76.0 Å². The summed E-state index contributed by atoms with van der Waals surface area (Å²) in [6.07, 6.45) is 0. The van der Waals surface area contributed by atoms with E-state index in [0.29, 0.717) is 26.8 Å². The average Bonchev–Trinajstić information content (AvgIpc) is 1.67. The third-order valence-electron chi connectivity index (χ3n) is 17.2. The summed E-state index contributed by atoms with van der Waals surface area (Å²) >= 11 is 27.7. The Kier molecular flexibility index (Phi) is 14.3. The second kappa shape index (κ2) is 25.2. The molecule has 4 heterocycles. The minimum Gasteiger partial charge on any atom is -0.455 e. The van der Waals surface area contributed by atoms with Crippen molar-refractivity contribution in [2.45, 2.75) is 0 Å². The van der Waals surface area contributed by atoms with Gasteiger partial charge in [-0.25, -0.2) is 0 Å². The monoisotopic (exact) mass is 1310 g/mol. The van der Waals surface area contributed by atoms with Gasteiger partial charge >= 0.3 is 0 Å². The molecule has 0 bridgehead atoms. The zero-order valence-corrected chi connectivity index (χ0v) is 53.7. The van der Waals surface area contributed by atoms with E-state index in [1.165, 1.54) is 69.3 Å². The normalized spacial score (nSPS) is 12.1. The van der Waals surface area contributed by atoms with E-state index >= 15 is 0 Å². The molecule has 0 saturated carbocycles. The van der Waals surface area contributed by atoms with Gasteiger partial charge in [-0.1, -0.05) is 313 Å². The molecule has 4 aromatic heterocycles. The molecular formula is C86H53Cl4NO2S. The van der Waals surface area contributed by atoms with Gasteiger partial charge in [0.25, 0.3) is 0 Å². The largest absolute Gasteiger partial charge is 0.455 e. The Balaban J connectivity index is 0.000000103. The second-order valence-electron chi connectivity index (χ2n) is 22.7. The fourth-order valence-electron chi connectivity index (χ4n) is 13.0. The molecule has 0 atom stereocenters. The number of hydrogen-bond acceptors (Lipinski definition) is 3. The van der Waals surface area contributed by atoms with E-state index in [1.54, 1.807) is 18.2 Å². The number of thiophene rings is 1. The zero-order chi connectivity index (χ0) is 67.6. The Bertz CT molecular complexity index is 6290. The molecule has 0 N–H and O–H groups in total. The third kappa shape index (κ3) is 10.7. The van der Waals surface area contributed by atoms with Gasteiger partial charge in [-0.3, -0.25) is 0 Å². The Morgan fingerprint density at radius 1 is 0.309 bits per heavy atom. The van der Waals surface area contributed by atoms with Gasteiger partial charge in [0, 0.05) is 85.3 Å². The molecule has 19 rings (SSSR count). The Morgan fingerprint density at radius 2 is 0.851 bits per heavy atom. The van der Waals surface area contributed by atoms with Crippen molar-refractivity contribution in [1.29, 1.82) is 0 Å². The Labute approximate surface area is 573 Å². The number of rotatable bonds is 5. The van der Waals surface area contributed by atoms with Crippen molar-refractivity contribution in [2.24, 2.45) is 0 Å². The number of nitrogens with zero attached hydrogens (tertiary/aromatic N) is 1. The van der Waals surface area contributed by atoms with Crippen LogP contribution in [0.25, 0.3) is 158 Å². The van der Waals surface area contributed by atoms with Gasteiger partial charge in [-0.05, 0) is 98.6 Å². The molecule has 0 fully saturated rings. The van der Waals surface area contributed by atoms with Crippen molar-refractivity contribution >= 4 is 165 Å². The fraction of sp³-hybridized carbons (Fsp3) is 0. The number of aromatic nitrogens is 1.